The minimum absolute atomic E-state index is 0.262. The highest BCUT2D eigenvalue weighted by molar-refractivity contribution is 6.20. The van der Waals surface area contributed by atoms with Crippen LogP contribution >= 0.6 is 23.2 Å². The average molecular weight is 687 g/mol. The summed E-state index contributed by atoms with van der Waals surface area (Å²) >= 11 is 10.7. The fourth-order valence-electron chi connectivity index (χ4n) is 2.72. The number of halogens is 23. The lowest BCUT2D eigenvalue weighted by Crippen LogP contribution is -2.76. The van der Waals surface area contributed by atoms with Crippen LogP contribution in [-0.2, 0) is 0 Å². The van der Waals surface area contributed by atoms with Crippen molar-refractivity contribution in [2.45, 2.75) is 85.2 Å². The second-order valence-corrected chi connectivity index (χ2v) is 8.83. The second kappa shape index (κ2) is 11.3. The van der Waals surface area contributed by atoms with E-state index in [1.165, 1.54) is 0 Å². The van der Waals surface area contributed by atoms with Crippen molar-refractivity contribution in [3.05, 3.63) is 0 Å². The quantitative estimate of drug-likeness (QED) is 0.0914. The maximum atomic E-state index is 13.8. The molecule has 0 N–H and O–H groups in total. The fourth-order valence-corrected chi connectivity index (χ4v) is 3.36. The number of rotatable bonds is 15. The van der Waals surface area contributed by atoms with Crippen molar-refractivity contribution >= 4 is 23.2 Å². The highest BCUT2D eigenvalue weighted by Gasteiger charge is 2.97. The number of unbranched alkanes of at least 4 members (excludes halogenated alkanes) is 1. The molecule has 40 heavy (non-hydrogen) atoms. The Balaban J connectivity index is 6.61. The van der Waals surface area contributed by atoms with Crippen LogP contribution in [0.3, 0.4) is 0 Å². The van der Waals surface area contributed by atoms with Crippen LogP contribution in [-0.4, -0.2) is 71.2 Å². The molecule has 0 aromatic rings. The molecule has 0 amide bonds. The summed E-state index contributed by atoms with van der Waals surface area (Å²) in [5.74, 6) is -77.8. The first-order valence-electron chi connectivity index (χ1n) is 9.83. The lowest BCUT2D eigenvalue weighted by molar-refractivity contribution is -0.474. The monoisotopic (exact) mass is 686 g/mol. The number of hydrogen-bond donors (Lipinski definition) is 0. The Morgan fingerprint density at radius 2 is 0.650 bits per heavy atom. The topological polar surface area (TPSA) is 0 Å². The molecule has 0 aliphatic carbocycles. The van der Waals surface area contributed by atoms with Gasteiger partial charge in [0.15, 0.2) is 0 Å². The van der Waals surface area contributed by atoms with E-state index in [1.807, 2.05) is 0 Å². The maximum absolute atomic E-state index is 13.8. The van der Waals surface area contributed by atoms with E-state index < -0.39 is 84.7 Å². The molecule has 0 unspecified atom stereocenters. The van der Waals surface area contributed by atoms with Crippen molar-refractivity contribution in [1.29, 1.82) is 0 Å². The predicted molar refractivity (Wildman–Crippen MR) is 94.0 cm³/mol. The van der Waals surface area contributed by atoms with E-state index in [-0.39, 0.29) is 18.2 Å². The number of hydrogen-bond acceptors (Lipinski definition) is 0. The Morgan fingerprint density at radius 1 is 0.375 bits per heavy atom. The van der Waals surface area contributed by atoms with Gasteiger partial charge in [0, 0.05) is 18.2 Å². The molecule has 0 aliphatic heterocycles. The molecule has 0 bridgehead atoms. The van der Waals surface area contributed by atoms with Crippen LogP contribution in [0.5, 0.6) is 0 Å². The summed E-state index contributed by atoms with van der Waals surface area (Å²) < 4.78 is 279. The van der Waals surface area contributed by atoms with Crippen molar-refractivity contribution in [3.8, 4) is 0 Å². The molecule has 242 valence electrons. The fraction of sp³-hybridized carbons (Fsp3) is 1.00. The minimum atomic E-state index is -9.16. The Morgan fingerprint density at radius 3 is 0.925 bits per heavy atom. The van der Waals surface area contributed by atoms with Gasteiger partial charge in [-0.1, -0.05) is 6.42 Å². The van der Waals surface area contributed by atoms with Crippen LogP contribution < -0.4 is 0 Å². The predicted octanol–water partition coefficient (Wildman–Crippen LogP) is 9.92. The largest absolute Gasteiger partial charge is 0.460 e. The van der Waals surface area contributed by atoms with Gasteiger partial charge < -0.3 is 0 Å². The summed E-state index contributed by atoms with van der Waals surface area (Å²) in [5.41, 5.74) is 0. The van der Waals surface area contributed by atoms with E-state index in [9.17, 15) is 92.2 Å². The highest BCUT2D eigenvalue weighted by atomic mass is 35.5. The molecular formula is C17H13Cl2F21. The molecule has 0 rings (SSSR count). The Bertz CT molecular complexity index is 843. The van der Waals surface area contributed by atoms with Gasteiger partial charge in [0.1, 0.15) is 0 Å². The molecule has 0 heterocycles. The zero-order valence-electron chi connectivity index (χ0n) is 18.5. The molecule has 0 fully saturated rings. The van der Waals surface area contributed by atoms with Gasteiger partial charge in [0.25, 0.3) is 0 Å². The van der Waals surface area contributed by atoms with E-state index in [0.29, 0.717) is 0 Å². The average Bonchev–Trinajstić information content (AvgIpc) is 2.77. The zero-order chi connectivity index (χ0) is 32.8. The first kappa shape index (κ1) is 39.1. The summed E-state index contributed by atoms with van der Waals surface area (Å²) in [6, 6.07) is 0. The van der Waals surface area contributed by atoms with E-state index in [2.05, 4.69) is 0 Å². The molecule has 0 saturated carbocycles. The van der Waals surface area contributed by atoms with Crippen LogP contribution in [0.4, 0.5) is 92.2 Å². The zero-order valence-corrected chi connectivity index (χ0v) is 20.0. The van der Waals surface area contributed by atoms with E-state index in [1.54, 1.807) is 0 Å². The standard InChI is InChI=1S/C17H13Cl2F21/c18-5-7(6-19)3-1-2-4-8(20,21)9(22,23)10(24,25)11(26,27)12(28,29)13(30,31)14(32,33)15(34,35)16(36,37)17(38,39)40/h7H,1-6H2. The van der Waals surface area contributed by atoms with Crippen molar-refractivity contribution in [1.82, 2.24) is 0 Å². The SMILES string of the molecule is FC(F)(F)C(F)(F)C(F)(F)C(F)(F)C(F)(F)C(F)(F)C(F)(F)C(F)(F)C(F)(F)C(F)(F)CCCCC(CCl)CCl. The van der Waals surface area contributed by atoms with Crippen LogP contribution in [0.1, 0.15) is 25.7 Å². The van der Waals surface area contributed by atoms with E-state index in [0.717, 1.165) is 0 Å². The minimum Gasteiger partial charge on any atom is -0.200 e. The third-order valence-electron chi connectivity index (χ3n) is 5.37. The first-order chi connectivity index (χ1) is 17.2. The molecule has 0 radical (unpaired) electrons. The Labute approximate surface area is 219 Å². The van der Waals surface area contributed by atoms with Gasteiger partial charge in [-0.3, -0.25) is 0 Å². The van der Waals surface area contributed by atoms with Gasteiger partial charge in [-0.2, -0.15) is 92.2 Å². The Kier molecular flexibility index (Phi) is 11.1. The molecule has 0 aliphatic rings. The smallest absolute Gasteiger partial charge is 0.200 e. The van der Waals surface area contributed by atoms with E-state index in [4.69, 9.17) is 23.2 Å². The summed E-state index contributed by atoms with van der Waals surface area (Å²) in [7, 11) is 0. The molecule has 0 nitrogen and oxygen atoms in total. The van der Waals surface area contributed by atoms with Crippen molar-refractivity contribution in [2.75, 3.05) is 11.8 Å². The third-order valence-corrected chi connectivity index (χ3v) is 6.24. The van der Waals surface area contributed by atoms with Crippen molar-refractivity contribution in [2.24, 2.45) is 5.92 Å². The van der Waals surface area contributed by atoms with Gasteiger partial charge in [-0.25, -0.2) is 0 Å². The van der Waals surface area contributed by atoms with Gasteiger partial charge >= 0.3 is 59.5 Å². The van der Waals surface area contributed by atoms with Crippen LogP contribution in [0.25, 0.3) is 0 Å². The molecule has 23 heteroatoms. The van der Waals surface area contributed by atoms with Crippen molar-refractivity contribution in [3.63, 3.8) is 0 Å². The lowest BCUT2D eigenvalue weighted by Gasteiger charge is -2.44. The van der Waals surface area contributed by atoms with Gasteiger partial charge in [-0.05, 0) is 18.8 Å². The molecule has 0 spiro atoms. The lowest BCUT2D eigenvalue weighted by atomic mass is 9.85. The van der Waals surface area contributed by atoms with Gasteiger partial charge in [0.2, 0.25) is 0 Å². The normalized spacial score (nSPS) is 16.2. The van der Waals surface area contributed by atoms with Crippen LogP contribution in [0.15, 0.2) is 0 Å². The van der Waals surface area contributed by atoms with E-state index >= 15 is 0 Å². The van der Waals surface area contributed by atoms with Gasteiger partial charge in [0.05, 0.1) is 0 Å². The molecule has 0 atom stereocenters. The molecule has 0 aromatic carbocycles. The molecule has 0 aromatic heterocycles. The number of alkyl halides is 23. The Hall–Kier alpha value is -0.890. The summed E-state index contributed by atoms with van der Waals surface area (Å²) in [6.07, 6.45) is -12.9. The van der Waals surface area contributed by atoms with Crippen LogP contribution in [0.2, 0.25) is 0 Å². The third kappa shape index (κ3) is 5.70. The highest BCUT2D eigenvalue weighted by Crippen LogP contribution is 2.66. The molecule has 0 saturated heterocycles. The van der Waals surface area contributed by atoms with Gasteiger partial charge in [-0.15, -0.1) is 23.2 Å². The summed E-state index contributed by atoms with van der Waals surface area (Å²) in [5, 5.41) is 0. The first-order valence-corrected chi connectivity index (χ1v) is 10.9. The second-order valence-electron chi connectivity index (χ2n) is 8.22. The summed E-state index contributed by atoms with van der Waals surface area (Å²) in [4.78, 5) is 0. The molecular weight excluding hydrogens is 674 g/mol. The summed E-state index contributed by atoms with van der Waals surface area (Å²) in [6.45, 7) is 0. The van der Waals surface area contributed by atoms with Crippen LogP contribution in [0, 0.1) is 5.92 Å². The maximum Gasteiger partial charge on any atom is 0.460 e. The van der Waals surface area contributed by atoms with Crippen molar-refractivity contribution < 1.29 is 92.2 Å².